The summed E-state index contributed by atoms with van der Waals surface area (Å²) in [5, 5.41) is 2.54. The molecule has 4 atom stereocenters. The first kappa shape index (κ1) is 46.1. The Balaban J connectivity index is 1.19. The maximum absolute atomic E-state index is 2.99. The zero-order valence-electron chi connectivity index (χ0n) is 46.0. The fourth-order valence-electron chi connectivity index (χ4n) is 16.4. The van der Waals surface area contributed by atoms with Gasteiger partial charge in [-0.1, -0.05) is 153 Å². The van der Waals surface area contributed by atoms with Crippen molar-refractivity contribution in [1.29, 1.82) is 0 Å². The average Bonchev–Trinajstić information content (AvgIpc) is 3.68. The number of fused-ring (bicyclic) bond motifs is 11. The summed E-state index contributed by atoms with van der Waals surface area (Å²) in [5.74, 6) is 0. The minimum atomic E-state index is -0.102. The molecule has 4 heterocycles. The minimum absolute atomic E-state index is 0.00764. The lowest BCUT2D eigenvalue weighted by atomic mass is 9.32. The van der Waals surface area contributed by atoms with Gasteiger partial charge in [0.1, 0.15) is 0 Å². The van der Waals surface area contributed by atoms with E-state index in [9.17, 15) is 0 Å². The molecule has 4 aliphatic heterocycles. The van der Waals surface area contributed by atoms with E-state index in [2.05, 4.69) is 221 Å². The van der Waals surface area contributed by atoms with Crippen LogP contribution in [-0.2, 0) is 21.7 Å². The van der Waals surface area contributed by atoms with E-state index in [-0.39, 0.29) is 39.5 Å². The molecular formula is C68H76BN3. The van der Waals surface area contributed by atoms with Crippen LogP contribution in [0.2, 0.25) is 0 Å². The predicted octanol–water partition coefficient (Wildman–Crippen LogP) is 16.4. The minimum Gasteiger partial charge on any atom is -0.335 e. The van der Waals surface area contributed by atoms with Gasteiger partial charge >= 0.3 is 0 Å². The van der Waals surface area contributed by atoms with E-state index >= 15 is 0 Å². The van der Waals surface area contributed by atoms with Crippen LogP contribution >= 0.6 is 0 Å². The summed E-state index contributed by atoms with van der Waals surface area (Å²) in [5.41, 5.74) is 27.9. The predicted molar refractivity (Wildman–Crippen MR) is 311 cm³/mol. The van der Waals surface area contributed by atoms with Crippen molar-refractivity contribution in [3.8, 4) is 11.1 Å². The number of benzene rings is 7. The Hall–Kier alpha value is -5.74. The number of nitrogens with zero attached hydrogens (tertiary/aromatic N) is 3. The summed E-state index contributed by atoms with van der Waals surface area (Å²) in [7, 11) is 0. The molecule has 0 aromatic heterocycles. The molecule has 366 valence electrons. The van der Waals surface area contributed by atoms with E-state index < -0.39 is 0 Å². The Labute approximate surface area is 432 Å². The van der Waals surface area contributed by atoms with E-state index in [0.717, 1.165) is 0 Å². The number of rotatable bonds is 3. The maximum Gasteiger partial charge on any atom is 0.252 e. The van der Waals surface area contributed by atoms with Crippen LogP contribution in [0.3, 0.4) is 0 Å². The van der Waals surface area contributed by atoms with Gasteiger partial charge in [-0.2, -0.15) is 0 Å². The van der Waals surface area contributed by atoms with Crippen molar-refractivity contribution < 1.29 is 0 Å². The molecule has 72 heavy (non-hydrogen) atoms. The lowest BCUT2D eigenvalue weighted by Crippen LogP contribution is -2.65. The van der Waals surface area contributed by atoms with Crippen LogP contribution in [0.1, 0.15) is 165 Å². The van der Waals surface area contributed by atoms with Crippen LogP contribution in [0.25, 0.3) is 21.9 Å². The lowest BCUT2D eigenvalue weighted by Gasteiger charge is -2.54. The molecule has 0 amide bonds. The van der Waals surface area contributed by atoms with Gasteiger partial charge in [-0.15, -0.1) is 0 Å². The van der Waals surface area contributed by atoms with Crippen LogP contribution in [0, 0.1) is 27.7 Å². The second-order valence-electron chi connectivity index (χ2n) is 26.7. The van der Waals surface area contributed by atoms with E-state index in [1.807, 2.05) is 0 Å². The van der Waals surface area contributed by atoms with Gasteiger partial charge in [-0.25, -0.2) is 0 Å². The summed E-state index contributed by atoms with van der Waals surface area (Å²) in [6.45, 7) is 34.5. The van der Waals surface area contributed by atoms with Gasteiger partial charge < -0.3 is 14.7 Å². The molecule has 4 heteroatoms. The molecule has 0 radical (unpaired) electrons. The third-order valence-corrected chi connectivity index (χ3v) is 20.4. The van der Waals surface area contributed by atoms with E-state index in [4.69, 9.17) is 0 Å². The van der Waals surface area contributed by atoms with Crippen molar-refractivity contribution in [3.05, 3.63) is 154 Å². The number of hydrogen-bond donors (Lipinski definition) is 0. The van der Waals surface area contributed by atoms with Gasteiger partial charge in [0.25, 0.3) is 6.71 Å². The van der Waals surface area contributed by atoms with Gasteiger partial charge in [-0.05, 0) is 192 Å². The summed E-state index contributed by atoms with van der Waals surface area (Å²) in [6.07, 6.45) is 9.81. The molecular weight excluding hydrogens is 870 g/mol. The lowest BCUT2D eigenvalue weighted by molar-refractivity contribution is 0.193. The fraction of sp³-hybridized carbons (Fsp3) is 0.412. The largest absolute Gasteiger partial charge is 0.335 e. The van der Waals surface area contributed by atoms with Crippen LogP contribution in [0.4, 0.5) is 39.8 Å². The Bertz CT molecular complexity index is 3490. The van der Waals surface area contributed by atoms with E-state index in [0.29, 0.717) is 0 Å². The molecule has 0 saturated heterocycles. The van der Waals surface area contributed by atoms with Crippen LogP contribution in [0.5, 0.6) is 0 Å². The standard InChI is InChI=1S/C68H76BN3/c1-41-33-42(2)58-55(34-41)71(67(13)31-19-17-29-65(58,67)11)50-39-56-61-57(40-50)72-62-59(66(12)30-18-20-32-68(66,72)14)43(3)35-44(4)60(62)69(61)52-38-49(64(8,9)10)26-28-54(52)70(56)53-27-25-48(63(5,6)7)37-51(53)47-24-23-45-21-15-16-22-46(45)36-47/h15-16,21-28,33-40H,17-20,29-32H2,1-14H3. The first-order chi connectivity index (χ1) is 34.1. The highest BCUT2D eigenvalue weighted by Gasteiger charge is 2.63. The normalized spacial score (nSPS) is 24.8. The van der Waals surface area contributed by atoms with Crippen LogP contribution in [0.15, 0.2) is 109 Å². The van der Waals surface area contributed by atoms with Gasteiger partial charge in [0.05, 0.1) is 16.8 Å². The van der Waals surface area contributed by atoms with Crippen molar-refractivity contribution in [3.63, 3.8) is 0 Å². The van der Waals surface area contributed by atoms with Crippen molar-refractivity contribution in [2.75, 3.05) is 14.7 Å². The first-order valence-electron chi connectivity index (χ1n) is 27.7. The van der Waals surface area contributed by atoms with E-state index in [1.54, 1.807) is 11.1 Å². The highest BCUT2D eigenvalue weighted by atomic mass is 15.3. The zero-order chi connectivity index (χ0) is 50.4. The maximum atomic E-state index is 2.99. The molecule has 4 unspecified atom stereocenters. The van der Waals surface area contributed by atoms with Crippen LogP contribution in [-0.4, -0.2) is 17.8 Å². The van der Waals surface area contributed by atoms with Crippen molar-refractivity contribution in [1.82, 2.24) is 0 Å². The molecule has 2 fully saturated rings. The second-order valence-corrected chi connectivity index (χ2v) is 26.7. The quantitative estimate of drug-likeness (QED) is 0.163. The highest BCUT2D eigenvalue weighted by Crippen LogP contribution is 2.66. The number of aryl methyl sites for hydroxylation is 4. The van der Waals surface area contributed by atoms with Crippen LogP contribution < -0.4 is 31.1 Å². The van der Waals surface area contributed by atoms with Gasteiger partial charge in [0, 0.05) is 50.5 Å². The molecule has 13 rings (SSSR count). The smallest absolute Gasteiger partial charge is 0.252 e. The summed E-state index contributed by atoms with van der Waals surface area (Å²) in [4.78, 5) is 8.64. The number of anilines is 7. The molecule has 0 bridgehead atoms. The third kappa shape index (κ3) is 5.93. The van der Waals surface area contributed by atoms with Gasteiger partial charge in [-0.3, -0.25) is 0 Å². The van der Waals surface area contributed by atoms with Crippen molar-refractivity contribution in [2.24, 2.45) is 0 Å². The van der Waals surface area contributed by atoms with E-state index in [1.165, 1.54) is 163 Å². The molecule has 6 aliphatic rings. The zero-order valence-corrected chi connectivity index (χ0v) is 46.0. The number of hydrogen-bond acceptors (Lipinski definition) is 3. The Morgan fingerprint density at radius 3 is 1.76 bits per heavy atom. The molecule has 0 N–H and O–H groups in total. The average molecular weight is 946 g/mol. The monoisotopic (exact) mass is 946 g/mol. The SMILES string of the molecule is Cc1cc(C)c2c(c1)N(c1cc3c4c(c1)N1c5c(c(C)cc(C)c5C5(C)CCCCC15C)B4c1cc(C(C)(C)C)ccc1N3c1ccc(C(C)(C)C)cc1-c1ccc3ccccc3c1)C1(C)CCCCC21C. The highest BCUT2D eigenvalue weighted by molar-refractivity contribution is 7.00. The van der Waals surface area contributed by atoms with Crippen molar-refractivity contribution in [2.45, 2.75) is 181 Å². The van der Waals surface area contributed by atoms with Gasteiger partial charge in [0.15, 0.2) is 0 Å². The Morgan fingerprint density at radius 2 is 1.07 bits per heavy atom. The third-order valence-electron chi connectivity index (χ3n) is 20.4. The Morgan fingerprint density at radius 1 is 0.472 bits per heavy atom. The Kier molecular flexibility index (Phi) is 9.57. The molecule has 3 nitrogen and oxygen atoms in total. The molecule has 2 aliphatic carbocycles. The molecule has 7 aromatic carbocycles. The topological polar surface area (TPSA) is 9.72 Å². The first-order valence-corrected chi connectivity index (χ1v) is 27.7. The van der Waals surface area contributed by atoms with Gasteiger partial charge in [0.2, 0.25) is 0 Å². The molecule has 7 aromatic rings. The molecule has 0 spiro atoms. The summed E-state index contributed by atoms with van der Waals surface area (Å²) in [6, 6.07) is 44.1. The van der Waals surface area contributed by atoms with Crippen molar-refractivity contribution >= 4 is 73.7 Å². The molecule has 2 saturated carbocycles. The fourth-order valence-corrected chi connectivity index (χ4v) is 16.4. The summed E-state index contributed by atoms with van der Waals surface area (Å²) < 4.78 is 0. The summed E-state index contributed by atoms with van der Waals surface area (Å²) >= 11 is 0. The second kappa shape index (κ2) is 15.0.